The quantitative estimate of drug-likeness (QED) is 0.272. The van der Waals surface area contributed by atoms with E-state index in [1.54, 1.807) is 58.6 Å². The summed E-state index contributed by atoms with van der Waals surface area (Å²) in [4.78, 5) is 14.0. The summed E-state index contributed by atoms with van der Waals surface area (Å²) >= 11 is 0. The molecule has 0 unspecified atom stereocenters. The smallest absolute Gasteiger partial charge is 0.404 e. The predicted molar refractivity (Wildman–Crippen MR) is 142 cm³/mol. The molecule has 3 N–H and O–H groups in total. The number of amides is 1. The van der Waals surface area contributed by atoms with Crippen LogP contribution in [-0.4, -0.2) is 56.7 Å². The van der Waals surface area contributed by atoms with E-state index in [-0.39, 0.29) is 58.2 Å². The summed E-state index contributed by atoms with van der Waals surface area (Å²) in [7, 11) is 0. The van der Waals surface area contributed by atoms with Crippen molar-refractivity contribution in [2.75, 3.05) is 0 Å². The molecule has 0 atom stereocenters. The number of aliphatic hydroxyl groups excluding tert-OH is 3. The zero-order valence-electron chi connectivity index (χ0n) is 23.5. The molecule has 0 aromatic heterocycles. The summed E-state index contributed by atoms with van der Waals surface area (Å²) in [6.45, 7) is 20.1. The van der Waals surface area contributed by atoms with E-state index in [0.717, 1.165) is 5.56 Å². The van der Waals surface area contributed by atoms with E-state index in [4.69, 9.17) is 20.1 Å². The number of carbonyl (C=O) groups excluding carboxylic acids is 1. The molecule has 0 radical (unpaired) electrons. The fourth-order valence-electron chi connectivity index (χ4n) is 2.07. The molecular formula is C28H48NO5Ti-. The van der Waals surface area contributed by atoms with Crippen LogP contribution in [0, 0.1) is 17.9 Å². The molecule has 0 fully saturated rings. The van der Waals surface area contributed by atoms with Crippen LogP contribution >= 0.6 is 0 Å². The van der Waals surface area contributed by atoms with E-state index < -0.39 is 0 Å². The molecule has 0 saturated carbocycles. The van der Waals surface area contributed by atoms with E-state index in [2.05, 4.69) is 11.8 Å². The Morgan fingerprint density at radius 3 is 1.54 bits per heavy atom. The van der Waals surface area contributed by atoms with Crippen LogP contribution in [-0.2, 0) is 26.5 Å². The molecule has 1 rings (SSSR count). The summed E-state index contributed by atoms with van der Waals surface area (Å²) in [6.07, 6.45) is 2.98. The largest absolute Gasteiger partial charge is 0.465 e. The second kappa shape index (κ2) is 25.4. The predicted octanol–water partition coefficient (Wildman–Crippen LogP) is 5.56. The fourth-order valence-corrected chi connectivity index (χ4v) is 2.07. The van der Waals surface area contributed by atoms with Crippen LogP contribution in [0.5, 0.6) is 0 Å². The first-order valence-electron chi connectivity index (χ1n) is 11.8. The minimum Gasteiger partial charge on any atom is -0.465 e. The minimum absolute atomic E-state index is 0. The minimum atomic E-state index is -0.375. The molecule has 0 aliphatic rings. The third-order valence-corrected chi connectivity index (χ3v) is 2.94. The number of ether oxygens (including phenoxy) is 1. The van der Waals surface area contributed by atoms with Gasteiger partial charge in [0, 0.05) is 52.1 Å². The van der Waals surface area contributed by atoms with E-state index in [9.17, 15) is 4.79 Å². The molecule has 0 heterocycles. The van der Waals surface area contributed by atoms with Gasteiger partial charge in [-0.2, -0.15) is 12.0 Å². The van der Waals surface area contributed by atoms with Crippen LogP contribution in [0.3, 0.4) is 0 Å². The van der Waals surface area contributed by atoms with Crippen LogP contribution in [0.1, 0.15) is 81.7 Å². The Morgan fingerprint density at radius 2 is 1.23 bits per heavy atom. The van der Waals surface area contributed by atoms with E-state index in [1.807, 2.05) is 65.0 Å². The zero-order chi connectivity index (χ0) is 27.3. The summed E-state index contributed by atoms with van der Waals surface area (Å²) in [5, 5.41) is 24.2. The van der Waals surface area contributed by atoms with Crippen LogP contribution in [0.4, 0.5) is 4.79 Å². The van der Waals surface area contributed by atoms with Gasteiger partial charge < -0.3 is 25.0 Å². The van der Waals surface area contributed by atoms with Gasteiger partial charge in [-0.25, -0.2) is 10.7 Å². The molecule has 0 aliphatic carbocycles. The molecule has 0 aliphatic heterocycles. The van der Waals surface area contributed by atoms with Gasteiger partial charge in [0.2, 0.25) is 0 Å². The fraction of sp³-hybridized carbons (Fsp3) is 0.571. The average molecular weight is 527 g/mol. The van der Waals surface area contributed by atoms with Crippen molar-refractivity contribution in [2.45, 2.75) is 107 Å². The Bertz CT molecular complexity index is 662. The molecule has 0 saturated heterocycles. The van der Waals surface area contributed by atoms with Crippen molar-refractivity contribution in [2.24, 2.45) is 0 Å². The van der Waals surface area contributed by atoms with Gasteiger partial charge in [0.1, 0.15) is 0 Å². The SMILES string of the molecule is C/C=C/[C-](C#Cc1ccccc1)OC(=O)N(C(C)C)C(C)C.CC(C)O.CC(C)O.CC(C)O.[Ti]. The molecule has 35 heavy (non-hydrogen) atoms. The molecule has 0 bridgehead atoms. The molecule has 7 heteroatoms. The second-order valence-electron chi connectivity index (χ2n) is 8.72. The Balaban J connectivity index is -0.000000307. The monoisotopic (exact) mass is 526 g/mol. The number of nitrogens with zero attached hydrogens (tertiary/aromatic N) is 1. The van der Waals surface area contributed by atoms with Gasteiger partial charge in [-0.15, -0.1) is 6.08 Å². The maximum absolute atomic E-state index is 12.3. The third-order valence-electron chi connectivity index (χ3n) is 2.94. The number of rotatable bonds is 4. The number of benzene rings is 1. The maximum atomic E-state index is 12.3. The van der Waals surface area contributed by atoms with Crippen molar-refractivity contribution in [1.82, 2.24) is 4.90 Å². The summed E-state index contributed by atoms with van der Waals surface area (Å²) < 4.78 is 5.44. The number of hydrogen-bond donors (Lipinski definition) is 3. The maximum Gasteiger partial charge on any atom is 0.404 e. The van der Waals surface area contributed by atoms with Crippen LogP contribution in [0.25, 0.3) is 0 Å². The van der Waals surface area contributed by atoms with Crippen molar-refractivity contribution in [3.63, 3.8) is 0 Å². The molecule has 1 aromatic rings. The van der Waals surface area contributed by atoms with Crippen molar-refractivity contribution >= 4 is 6.09 Å². The number of aliphatic hydroxyl groups is 3. The number of allylic oxidation sites excluding steroid dienone is 1. The van der Waals surface area contributed by atoms with Crippen molar-refractivity contribution < 1.29 is 46.6 Å². The Hall–Kier alpha value is -1.75. The summed E-state index contributed by atoms with van der Waals surface area (Å²) in [5.41, 5.74) is 0.880. The molecule has 6 nitrogen and oxygen atoms in total. The number of carbonyl (C=O) groups is 1. The molecule has 0 spiro atoms. The molecule has 200 valence electrons. The normalized spacial score (nSPS) is 9.69. The number of hydrogen-bond acceptors (Lipinski definition) is 5. The van der Waals surface area contributed by atoms with Crippen LogP contribution < -0.4 is 0 Å². The van der Waals surface area contributed by atoms with Crippen molar-refractivity contribution in [3.8, 4) is 11.8 Å². The summed E-state index contributed by atoms with van der Waals surface area (Å²) in [5.74, 6) is 5.91. The first-order valence-corrected chi connectivity index (χ1v) is 11.8. The Labute approximate surface area is 229 Å². The van der Waals surface area contributed by atoms with E-state index >= 15 is 0 Å². The van der Waals surface area contributed by atoms with Gasteiger partial charge >= 0.3 is 6.09 Å². The van der Waals surface area contributed by atoms with Gasteiger partial charge in [-0.1, -0.05) is 37.3 Å². The van der Waals surface area contributed by atoms with E-state index in [1.165, 1.54) is 0 Å². The van der Waals surface area contributed by atoms with Crippen LogP contribution in [0.15, 0.2) is 42.5 Å². The summed E-state index contributed by atoms with van der Waals surface area (Å²) in [6, 6.07) is 9.75. The topological polar surface area (TPSA) is 90.2 Å². The van der Waals surface area contributed by atoms with E-state index in [0.29, 0.717) is 6.10 Å². The van der Waals surface area contributed by atoms with Gasteiger partial charge in [-0.05, 0) is 74.8 Å². The molecule has 1 amide bonds. The Morgan fingerprint density at radius 1 is 0.857 bits per heavy atom. The van der Waals surface area contributed by atoms with Gasteiger partial charge in [-0.3, -0.25) is 0 Å². The Kier molecular flexibility index (Phi) is 29.3. The second-order valence-corrected chi connectivity index (χ2v) is 8.72. The van der Waals surface area contributed by atoms with Gasteiger partial charge in [0.15, 0.2) is 0 Å². The van der Waals surface area contributed by atoms with Gasteiger partial charge in [0.05, 0.1) is 6.10 Å². The first kappa shape index (κ1) is 40.4. The van der Waals surface area contributed by atoms with Gasteiger partial charge in [0.25, 0.3) is 0 Å². The van der Waals surface area contributed by atoms with Crippen molar-refractivity contribution in [3.05, 3.63) is 54.2 Å². The molecule has 1 aromatic carbocycles. The first-order chi connectivity index (χ1) is 15.6. The van der Waals surface area contributed by atoms with Crippen LogP contribution in [0.2, 0.25) is 0 Å². The zero-order valence-corrected chi connectivity index (χ0v) is 25.1. The average Bonchev–Trinajstić information content (AvgIpc) is 2.65. The van der Waals surface area contributed by atoms with Crippen molar-refractivity contribution in [1.29, 1.82) is 0 Å². The molecular weight excluding hydrogens is 478 g/mol. The standard InChI is InChI=1S/C19H24NO2.3C3H8O.Ti/c1-6-10-18(14-13-17-11-8-7-9-12-17)22-19(21)20(15(2)3)16(4)5;3*1-3(2)4;/h6-12,15-16H,1-5H3;3*3-4H,1-2H3;/q-1;;;;/b10-6+;;;;. The third kappa shape index (κ3) is 32.3.